The highest BCUT2D eigenvalue weighted by Gasteiger charge is 2.73. The first-order chi connectivity index (χ1) is 12.0. The number of allylic oxidation sites excluding steroid dienone is 2. The number of carbonyl (C=O) groups is 3. The summed E-state index contributed by atoms with van der Waals surface area (Å²) in [4.78, 5) is 39.2. The van der Waals surface area contributed by atoms with Gasteiger partial charge in [0.1, 0.15) is 0 Å². The number of nitrogens with zero attached hydrogens (tertiary/aromatic N) is 1. The summed E-state index contributed by atoms with van der Waals surface area (Å²) in [5.74, 6) is -1.07. The standard InChI is InChI=1S/C19H16ClNO4/c1-25-18(24)10-8-9(2-5-13(10)20)21-16(22)14-11-3-4-12(15(14)17(21)23)19(11)6-7-19/h2-5,8,11-12,14-15H,6-7H2,1H3/t11-,12-,14-,15+/m1/s1. The summed E-state index contributed by atoms with van der Waals surface area (Å²) in [5, 5.41) is 0.230. The Kier molecular flexibility index (Phi) is 2.86. The van der Waals surface area contributed by atoms with Crippen LogP contribution in [-0.2, 0) is 14.3 Å². The number of methoxy groups -OCH3 is 1. The van der Waals surface area contributed by atoms with Crippen molar-refractivity contribution in [1.82, 2.24) is 0 Å². The van der Waals surface area contributed by atoms with Crippen molar-refractivity contribution in [2.24, 2.45) is 29.1 Å². The first-order valence-electron chi connectivity index (χ1n) is 8.43. The molecular weight excluding hydrogens is 342 g/mol. The van der Waals surface area contributed by atoms with Crippen molar-refractivity contribution in [3.05, 3.63) is 40.9 Å². The first-order valence-corrected chi connectivity index (χ1v) is 8.81. The molecule has 1 heterocycles. The number of amides is 2. The summed E-state index contributed by atoms with van der Waals surface area (Å²) in [7, 11) is 1.26. The molecule has 4 atom stereocenters. The number of benzene rings is 1. The average molecular weight is 358 g/mol. The highest BCUT2D eigenvalue weighted by Crippen LogP contribution is 2.73. The third kappa shape index (κ3) is 1.72. The SMILES string of the molecule is COC(=O)c1cc(N2C(=O)[C@@H]3[C@H](C2=O)[C@H]2C=C[C@H]3C23CC3)ccc1Cl. The van der Waals surface area contributed by atoms with Gasteiger partial charge in [-0.1, -0.05) is 23.8 Å². The summed E-state index contributed by atoms with van der Waals surface area (Å²) in [6.45, 7) is 0. The molecule has 5 rings (SSSR count). The van der Waals surface area contributed by atoms with Crippen molar-refractivity contribution in [2.45, 2.75) is 12.8 Å². The number of ether oxygens (including phenoxy) is 1. The van der Waals surface area contributed by atoms with Gasteiger partial charge in [-0.2, -0.15) is 0 Å². The van der Waals surface area contributed by atoms with E-state index < -0.39 is 5.97 Å². The lowest BCUT2D eigenvalue weighted by atomic mass is 9.85. The zero-order valence-corrected chi connectivity index (χ0v) is 14.3. The Hall–Kier alpha value is -2.14. The molecule has 3 fully saturated rings. The van der Waals surface area contributed by atoms with Crippen LogP contribution in [0.1, 0.15) is 23.2 Å². The van der Waals surface area contributed by atoms with Crippen molar-refractivity contribution < 1.29 is 19.1 Å². The van der Waals surface area contributed by atoms with Crippen LogP contribution in [0.15, 0.2) is 30.4 Å². The van der Waals surface area contributed by atoms with E-state index in [-0.39, 0.29) is 51.5 Å². The van der Waals surface area contributed by atoms with E-state index in [1.54, 1.807) is 6.07 Å². The molecule has 1 saturated heterocycles. The third-order valence-electron chi connectivity index (χ3n) is 6.47. The number of esters is 1. The van der Waals surface area contributed by atoms with Gasteiger partial charge < -0.3 is 4.74 Å². The molecule has 1 spiro atoms. The molecule has 3 aliphatic carbocycles. The van der Waals surface area contributed by atoms with Crippen LogP contribution in [0, 0.1) is 29.1 Å². The fourth-order valence-electron chi connectivity index (χ4n) is 5.25. The third-order valence-corrected chi connectivity index (χ3v) is 6.80. The Bertz CT molecular complexity index is 838. The van der Waals surface area contributed by atoms with Gasteiger partial charge in [0.05, 0.1) is 35.2 Å². The highest BCUT2D eigenvalue weighted by atomic mass is 35.5. The molecule has 5 nitrogen and oxygen atoms in total. The van der Waals surface area contributed by atoms with Gasteiger partial charge in [-0.25, -0.2) is 9.69 Å². The lowest BCUT2D eigenvalue weighted by molar-refractivity contribution is -0.123. The van der Waals surface area contributed by atoms with E-state index in [0.717, 1.165) is 12.8 Å². The summed E-state index contributed by atoms with van der Waals surface area (Å²) in [6, 6.07) is 4.59. The molecule has 0 N–H and O–H groups in total. The van der Waals surface area contributed by atoms with Gasteiger partial charge in [-0.3, -0.25) is 9.59 Å². The first kappa shape index (κ1) is 15.1. The number of rotatable bonds is 2. The molecule has 4 aliphatic rings. The molecule has 1 aliphatic heterocycles. The van der Waals surface area contributed by atoms with Gasteiger partial charge in [0.2, 0.25) is 11.8 Å². The predicted octanol–water partition coefficient (Wildman–Crippen LogP) is 2.83. The van der Waals surface area contributed by atoms with Gasteiger partial charge in [0.25, 0.3) is 0 Å². The van der Waals surface area contributed by atoms with Crippen LogP contribution in [0.2, 0.25) is 5.02 Å². The summed E-state index contributed by atoms with van der Waals surface area (Å²) in [5.41, 5.74) is 0.710. The number of imide groups is 1. The molecule has 128 valence electrons. The molecule has 1 aromatic rings. The second-order valence-electron chi connectivity index (χ2n) is 7.39. The van der Waals surface area contributed by atoms with E-state index in [2.05, 4.69) is 12.2 Å². The molecule has 6 heteroatoms. The zero-order chi connectivity index (χ0) is 17.5. The Labute approximate surface area is 149 Å². The van der Waals surface area contributed by atoms with Crippen LogP contribution in [-0.4, -0.2) is 24.9 Å². The van der Waals surface area contributed by atoms with Crippen LogP contribution in [0.4, 0.5) is 5.69 Å². The zero-order valence-electron chi connectivity index (χ0n) is 13.6. The monoisotopic (exact) mass is 357 g/mol. The number of fused-ring (bicyclic) bond motifs is 3. The van der Waals surface area contributed by atoms with Crippen LogP contribution < -0.4 is 4.90 Å². The Balaban J connectivity index is 1.54. The Morgan fingerprint density at radius 1 is 1.16 bits per heavy atom. The van der Waals surface area contributed by atoms with Crippen LogP contribution in [0.3, 0.4) is 0 Å². The van der Waals surface area contributed by atoms with Gasteiger partial charge in [-0.05, 0) is 48.3 Å². The van der Waals surface area contributed by atoms with Gasteiger partial charge >= 0.3 is 5.97 Å². The summed E-state index contributed by atoms with van der Waals surface area (Å²) < 4.78 is 4.72. The second kappa shape index (κ2) is 4.73. The fourth-order valence-corrected chi connectivity index (χ4v) is 5.45. The number of anilines is 1. The number of halogens is 1. The average Bonchev–Trinajstić information content (AvgIpc) is 3.20. The molecule has 0 aromatic heterocycles. The number of hydrogen-bond donors (Lipinski definition) is 0. The van der Waals surface area contributed by atoms with Crippen molar-refractivity contribution in [2.75, 3.05) is 12.0 Å². The van der Waals surface area contributed by atoms with E-state index in [4.69, 9.17) is 16.3 Å². The smallest absolute Gasteiger partial charge is 0.339 e. The van der Waals surface area contributed by atoms with Gasteiger partial charge in [-0.15, -0.1) is 0 Å². The minimum absolute atomic E-state index is 0.152. The van der Waals surface area contributed by atoms with Gasteiger partial charge in [0.15, 0.2) is 0 Å². The number of carbonyl (C=O) groups excluding carboxylic acids is 3. The van der Waals surface area contributed by atoms with E-state index in [0.29, 0.717) is 5.69 Å². The molecule has 1 aromatic carbocycles. The number of hydrogen-bond acceptors (Lipinski definition) is 4. The predicted molar refractivity (Wildman–Crippen MR) is 90.1 cm³/mol. The molecule has 25 heavy (non-hydrogen) atoms. The van der Waals surface area contributed by atoms with Crippen molar-refractivity contribution in [1.29, 1.82) is 0 Å². The van der Waals surface area contributed by atoms with Gasteiger partial charge in [0, 0.05) is 0 Å². The lowest BCUT2D eigenvalue weighted by Gasteiger charge is -2.22. The van der Waals surface area contributed by atoms with E-state index >= 15 is 0 Å². The van der Waals surface area contributed by atoms with E-state index in [9.17, 15) is 14.4 Å². The molecule has 2 amide bonds. The highest BCUT2D eigenvalue weighted by molar-refractivity contribution is 6.34. The maximum absolute atomic E-state index is 13.1. The van der Waals surface area contributed by atoms with Crippen LogP contribution in [0.5, 0.6) is 0 Å². The molecular formula is C19H16ClNO4. The van der Waals surface area contributed by atoms with Crippen LogP contribution in [0.25, 0.3) is 0 Å². The Morgan fingerprint density at radius 3 is 2.28 bits per heavy atom. The lowest BCUT2D eigenvalue weighted by Crippen LogP contribution is -2.34. The largest absolute Gasteiger partial charge is 0.465 e. The minimum Gasteiger partial charge on any atom is -0.465 e. The normalized spacial score (nSPS) is 33.3. The quantitative estimate of drug-likeness (QED) is 0.464. The van der Waals surface area contributed by atoms with Crippen molar-refractivity contribution in [3.8, 4) is 0 Å². The maximum Gasteiger partial charge on any atom is 0.339 e. The van der Waals surface area contributed by atoms with Crippen molar-refractivity contribution >= 4 is 35.1 Å². The summed E-state index contributed by atoms with van der Waals surface area (Å²) >= 11 is 6.05. The summed E-state index contributed by atoms with van der Waals surface area (Å²) in [6.07, 6.45) is 6.48. The van der Waals surface area contributed by atoms with E-state index in [1.807, 2.05) is 0 Å². The fraction of sp³-hybridized carbons (Fsp3) is 0.421. The molecule has 0 radical (unpaired) electrons. The maximum atomic E-state index is 13.1. The minimum atomic E-state index is -0.593. The second-order valence-corrected chi connectivity index (χ2v) is 7.80. The van der Waals surface area contributed by atoms with E-state index in [1.165, 1.54) is 24.1 Å². The molecule has 0 unspecified atom stereocenters. The topological polar surface area (TPSA) is 63.7 Å². The molecule has 2 bridgehead atoms. The van der Waals surface area contributed by atoms with Crippen LogP contribution >= 0.6 is 11.6 Å². The molecule has 2 saturated carbocycles. The van der Waals surface area contributed by atoms with Crippen molar-refractivity contribution in [3.63, 3.8) is 0 Å². The Morgan fingerprint density at radius 2 is 1.76 bits per heavy atom.